The summed E-state index contributed by atoms with van der Waals surface area (Å²) in [7, 11) is 0. The molecule has 4 heteroatoms. The van der Waals surface area contributed by atoms with Crippen molar-refractivity contribution in [2.45, 2.75) is 5.75 Å². The first kappa shape index (κ1) is 11.0. The van der Waals surface area contributed by atoms with E-state index in [0.717, 1.165) is 4.47 Å². The van der Waals surface area contributed by atoms with E-state index in [1.807, 2.05) is 6.07 Å². The molecule has 0 spiro atoms. The number of benzene rings is 1. The first-order chi connectivity index (χ1) is 6.24. The fourth-order valence-corrected chi connectivity index (χ4v) is 1.95. The molecule has 0 amide bonds. The lowest BCUT2D eigenvalue weighted by Gasteiger charge is -2.02. The van der Waals surface area contributed by atoms with Crippen molar-refractivity contribution in [3.8, 4) is 0 Å². The molecular formula is C9H10BrFOS. The summed E-state index contributed by atoms with van der Waals surface area (Å²) in [6.07, 6.45) is 0. The van der Waals surface area contributed by atoms with Gasteiger partial charge < -0.3 is 5.11 Å². The van der Waals surface area contributed by atoms with Gasteiger partial charge in [-0.25, -0.2) is 4.39 Å². The minimum Gasteiger partial charge on any atom is -0.396 e. The topological polar surface area (TPSA) is 20.2 Å². The zero-order chi connectivity index (χ0) is 9.68. The maximum absolute atomic E-state index is 13.2. The molecule has 1 rings (SSSR count). The van der Waals surface area contributed by atoms with Crippen LogP contribution in [0.15, 0.2) is 22.7 Å². The number of halogens is 2. The van der Waals surface area contributed by atoms with E-state index in [1.54, 1.807) is 6.07 Å². The van der Waals surface area contributed by atoms with Crippen molar-refractivity contribution in [3.05, 3.63) is 34.1 Å². The first-order valence-electron chi connectivity index (χ1n) is 3.86. The van der Waals surface area contributed by atoms with E-state index in [2.05, 4.69) is 15.9 Å². The van der Waals surface area contributed by atoms with E-state index in [-0.39, 0.29) is 12.4 Å². The maximum atomic E-state index is 13.2. The highest BCUT2D eigenvalue weighted by Gasteiger charge is 2.01. The summed E-state index contributed by atoms with van der Waals surface area (Å²) in [6.45, 7) is 0.142. The van der Waals surface area contributed by atoms with Crippen LogP contribution >= 0.6 is 27.7 Å². The lowest BCUT2D eigenvalue weighted by molar-refractivity contribution is 0.322. The van der Waals surface area contributed by atoms with E-state index in [4.69, 9.17) is 5.11 Å². The number of hydrogen-bond donors (Lipinski definition) is 1. The Morgan fingerprint density at radius 3 is 2.85 bits per heavy atom. The third-order valence-corrected chi connectivity index (χ3v) is 2.99. The minimum atomic E-state index is -0.195. The molecule has 1 aromatic rings. The Balaban J connectivity index is 2.56. The van der Waals surface area contributed by atoms with Gasteiger partial charge in [0, 0.05) is 16.0 Å². The van der Waals surface area contributed by atoms with Gasteiger partial charge in [-0.1, -0.05) is 22.0 Å². The average Bonchev–Trinajstić information content (AvgIpc) is 2.09. The second-order valence-electron chi connectivity index (χ2n) is 2.51. The molecule has 0 saturated carbocycles. The number of thioether (sulfide) groups is 1. The van der Waals surface area contributed by atoms with Crippen molar-refractivity contribution < 1.29 is 9.50 Å². The molecule has 0 aliphatic carbocycles. The fourth-order valence-electron chi connectivity index (χ4n) is 0.885. The number of aliphatic hydroxyl groups is 1. The van der Waals surface area contributed by atoms with E-state index >= 15 is 0 Å². The molecular weight excluding hydrogens is 255 g/mol. The highest BCUT2D eigenvalue weighted by molar-refractivity contribution is 9.10. The smallest absolute Gasteiger partial charge is 0.128 e. The molecule has 1 nitrogen and oxygen atoms in total. The van der Waals surface area contributed by atoms with Crippen LogP contribution in [-0.4, -0.2) is 17.5 Å². The molecule has 0 unspecified atom stereocenters. The van der Waals surface area contributed by atoms with Crippen LogP contribution in [0.4, 0.5) is 4.39 Å². The lowest BCUT2D eigenvalue weighted by atomic mass is 10.2. The summed E-state index contributed by atoms with van der Waals surface area (Å²) in [5.41, 5.74) is 0.682. The second kappa shape index (κ2) is 5.62. The Labute approximate surface area is 89.5 Å². The Bertz CT molecular complexity index is 280. The van der Waals surface area contributed by atoms with Crippen LogP contribution in [-0.2, 0) is 5.75 Å². The summed E-state index contributed by atoms with van der Waals surface area (Å²) in [4.78, 5) is 0. The third kappa shape index (κ3) is 3.67. The van der Waals surface area contributed by atoms with Gasteiger partial charge >= 0.3 is 0 Å². The van der Waals surface area contributed by atoms with Gasteiger partial charge in [-0.15, -0.1) is 0 Å². The molecule has 72 valence electrons. The quantitative estimate of drug-likeness (QED) is 0.845. The van der Waals surface area contributed by atoms with Crippen LogP contribution in [0.5, 0.6) is 0 Å². The Morgan fingerprint density at radius 1 is 1.46 bits per heavy atom. The third-order valence-electron chi connectivity index (χ3n) is 1.51. The zero-order valence-corrected chi connectivity index (χ0v) is 9.37. The van der Waals surface area contributed by atoms with Gasteiger partial charge in [-0.3, -0.25) is 0 Å². The predicted octanol–water partition coefficient (Wildman–Crippen LogP) is 2.81. The minimum absolute atomic E-state index is 0.142. The fraction of sp³-hybridized carbons (Fsp3) is 0.333. The highest BCUT2D eigenvalue weighted by atomic mass is 79.9. The maximum Gasteiger partial charge on any atom is 0.128 e. The number of aliphatic hydroxyl groups excluding tert-OH is 1. The van der Waals surface area contributed by atoms with E-state index < -0.39 is 0 Å². The van der Waals surface area contributed by atoms with Crippen LogP contribution in [0.2, 0.25) is 0 Å². The molecule has 0 atom stereocenters. The molecule has 0 heterocycles. The Morgan fingerprint density at radius 2 is 2.23 bits per heavy atom. The molecule has 0 aliphatic rings. The van der Waals surface area contributed by atoms with E-state index in [9.17, 15) is 4.39 Å². The molecule has 0 aromatic heterocycles. The van der Waals surface area contributed by atoms with E-state index in [1.165, 1.54) is 17.8 Å². The second-order valence-corrected chi connectivity index (χ2v) is 4.53. The number of hydrogen-bond acceptors (Lipinski definition) is 2. The van der Waals surface area contributed by atoms with Crippen molar-refractivity contribution in [3.63, 3.8) is 0 Å². The molecule has 0 fully saturated rings. The van der Waals surface area contributed by atoms with Crippen LogP contribution in [0.3, 0.4) is 0 Å². The molecule has 0 radical (unpaired) electrons. The van der Waals surface area contributed by atoms with E-state index in [0.29, 0.717) is 17.1 Å². The van der Waals surface area contributed by atoms with Crippen molar-refractivity contribution in [2.24, 2.45) is 0 Å². The molecule has 13 heavy (non-hydrogen) atoms. The summed E-state index contributed by atoms with van der Waals surface area (Å²) < 4.78 is 13.9. The zero-order valence-electron chi connectivity index (χ0n) is 6.96. The average molecular weight is 265 g/mol. The summed E-state index contributed by atoms with van der Waals surface area (Å²) in [5.74, 6) is 1.06. The highest BCUT2D eigenvalue weighted by Crippen LogP contribution is 2.19. The van der Waals surface area contributed by atoms with Gasteiger partial charge in [0.25, 0.3) is 0 Å². The molecule has 0 saturated heterocycles. The van der Waals surface area contributed by atoms with Crippen molar-refractivity contribution in [1.82, 2.24) is 0 Å². The van der Waals surface area contributed by atoms with Crippen molar-refractivity contribution >= 4 is 27.7 Å². The summed E-state index contributed by atoms with van der Waals surface area (Å²) in [6, 6.07) is 5.02. The molecule has 1 N–H and O–H groups in total. The van der Waals surface area contributed by atoms with Crippen LogP contribution in [0.1, 0.15) is 5.56 Å². The van der Waals surface area contributed by atoms with Gasteiger partial charge in [0.15, 0.2) is 0 Å². The van der Waals surface area contributed by atoms with Gasteiger partial charge in [0.1, 0.15) is 5.82 Å². The molecule has 0 bridgehead atoms. The predicted molar refractivity (Wildman–Crippen MR) is 57.3 cm³/mol. The first-order valence-corrected chi connectivity index (χ1v) is 5.81. The van der Waals surface area contributed by atoms with Crippen molar-refractivity contribution in [1.29, 1.82) is 0 Å². The summed E-state index contributed by atoms with van der Waals surface area (Å²) >= 11 is 4.71. The van der Waals surface area contributed by atoms with Gasteiger partial charge in [-0.2, -0.15) is 11.8 Å². The van der Waals surface area contributed by atoms with Crippen LogP contribution < -0.4 is 0 Å². The molecule has 0 aliphatic heterocycles. The van der Waals surface area contributed by atoms with Gasteiger partial charge in [0.2, 0.25) is 0 Å². The normalized spacial score (nSPS) is 10.4. The van der Waals surface area contributed by atoms with Gasteiger partial charge in [0.05, 0.1) is 6.61 Å². The van der Waals surface area contributed by atoms with Crippen molar-refractivity contribution in [2.75, 3.05) is 12.4 Å². The largest absolute Gasteiger partial charge is 0.396 e. The SMILES string of the molecule is OCCSCc1ccc(Br)cc1F. The lowest BCUT2D eigenvalue weighted by Crippen LogP contribution is -1.91. The summed E-state index contributed by atoms with van der Waals surface area (Å²) in [5, 5.41) is 8.54. The Kier molecular flexibility index (Phi) is 4.77. The molecule has 1 aromatic carbocycles. The van der Waals surface area contributed by atoms with Gasteiger partial charge in [-0.05, 0) is 17.7 Å². The standard InChI is InChI=1S/C9H10BrFOS/c10-8-2-1-7(9(11)5-8)6-13-4-3-12/h1-2,5,12H,3-4,6H2. The Hall–Kier alpha value is -0.0600. The van der Waals surface area contributed by atoms with Crippen LogP contribution in [0, 0.1) is 5.82 Å². The van der Waals surface area contributed by atoms with Crippen LogP contribution in [0.25, 0.3) is 0 Å². The monoisotopic (exact) mass is 264 g/mol. The number of rotatable bonds is 4.